The van der Waals surface area contributed by atoms with Crippen LogP contribution in [0.25, 0.3) is 0 Å². The van der Waals surface area contributed by atoms with Crippen molar-refractivity contribution in [1.29, 1.82) is 0 Å². The Labute approximate surface area is 136 Å². The van der Waals surface area contributed by atoms with Crippen LogP contribution in [0.2, 0.25) is 0 Å². The van der Waals surface area contributed by atoms with Crippen molar-refractivity contribution in [3.05, 3.63) is 59.2 Å². The van der Waals surface area contributed by atoms with Gasteiger partial charge in [-0.15, -0.1) is 0 Å². The van der Waals surface area contributed by atoms with E-state index in [4.69, 9.17) is 9.47 Å². The lowest BCUT2D eigenvalue weighted by Gasteiger charge is -2.07. The summed E-state index contributed by atoms with van der Waals surface area (Å²) < 4.78 is 10.6. The Morgan fingerprint density at radius 2 is 1.70 bits per heavy atom. The molecule has 0 fully saturated rings. The highest BCUT2D eigenvalue weighted by Gasteiger charge is 2.13. The fraction of sp³-hybridized carbons (Fsp3) is 0.316. The van der Waals surface area contributed by atoms with Crippen LogP contribution in [0.5, 0.6) is 11.5 Å². The maximum Gasteiger partial charge on any atom is 0.231 e. The van der Waals surface area contributed by atoms with Gasteiger partial charge in [0.2, 0.25) is 12.7 Å². The predicted octanol–water partition coefficient (Wildman–Crippen LogP) is 3.23. The molecule has 1 heterocycles. The van der Waals surface area contributed by atoms with E-state index < -0.39 is 0 Å². The van der Waals surface area contributed by atoms with E-state index in [1.54, 1.807) is 0 Å². The second-order valence-corrected chi connectivity index (χ2v) is 5.63. The normalized spacial score (nSPS) is 12.2. The number of fused-ring (bicyclic) bond motifs is 1. The van der Waals surface area contributed by atoms with E-state index in [0.717, 1.165) is 29.9 Å². The van der Waals surface area contributed by atoms with E-state index in [1.807, 2.05) is 18.2 Å². The maximum atomic E-state index is 12.0. The molecule has 0 saturated heterocycles. The van der Waals surface area contributed by atoms with Crippen molar-refractivity contribution in [3.8, 4) is 11.5 Å². The number of ether oxygens (including phenoxy) is 2. The monoisotopic (exact) mass is 311 g/mol. The molecule has 0 atom stereocenters. The van der Waals surface area contributed by atoms with E-state index in [2.05, 4.69) is 36.5 Å². The summed E-state index contributed by atoms with van der Waals surface area (Å²) in [6.07, 6.45) is 2.29. The predicted molar refractivity (Wildman–Crippen MR) is 88.6 cm³/mol. The number of nitrogens with one attached hydrogen (secondary N) is 1. The summed E-state index contributed by atoms with van der Waals surface area (Å²) in [5.41, 5.74) is 3.52. The van der Waals surface area contributed by atoms with Crippen LogP contribution in [0.1, 0.15) is 30.0 Å². The number of carbonyl (C=O) groups is 1. The van der Waals surface area contributed by atoms with E-state index >= 15 is 0 Å². The van der Waals surface area contributed by atoms with Gasteiger partial charge in [-0.1, -0.05) is 37.3 Å². The summed E-state index contributed by atoms with van der Waals surface area (Å²) in [5, 5.41) is 2.95. The van der Waals surface area contributed by atoms with Crippen molar-refractivity contribution in [1.82, 2.24) is 5.32 Å². The highest BCUT2D eigenvalue weighted by Crippen LogP contribution is 2.32. The lowest BCUT2D eigenvalue weighted by molar-refractivity contribution is -0.121. The van der Waals surface area contributed by atoms with Crippen molar-refractivity contribution in [2.75, 3.05) is 6.79 Å². The lowest BCUT2D eigenvalue weighted by atomic mass is 10.1. The van der Waals surface area contributed by atoms with Crippen LogP contribution in [-0.4, -0.2) is 12.7 Å². The van der Waals surface area contributed by atoms with Gasteiger partial charge in [-0.2, -0.15) is 0 Å². The van der Waals surface area contributed by atoms with E-state index in [-0.39, 0.29) is 12.7 Å². The van der Waals surface area contributed by atoms with Gasteiger partial charge in [-0.3, -0.25) is 4.79 Å². The number of hydrogen-bond acceptors (Lipinski definition) is 3. The highest BCUT2D eigenvalue weighted by atomic mass is 16.7. The Morgan fingerprint density at radius 1 is 1.00 bits per heavy atom. The zero-order chi connectivity index (χ0) is 16.1. The second-order valence-electron chi connectivity index (χ2n) is 5.63. The Kier molecular flexibility index (Phi) is 4.81. The molecule has 1 aliphatic heterocycles. The van der Waals surface area contributed by atoms with Crippen molar-refractivity contribution in [2.45, 2.75) is 32.7 Å². The standard InChI is InChI=1S/C19H21NO3/c1-2-14-3-5-15(6-4-14)8-10-19(21)20-12-16-7-9-17-18(11-16)23-13-22-17/h3-7,9,11H,2,8,10,12-13H2,1H3,(H,20,21). The number of carbonyl (C=O) groups excluding carboxylic acids is 1. The molecule has 0 spiro atoms. The smallest absolute Gasteiger partial charge is 0.231 e. The van der Waals surface area contributed by atoms with Crippen LogP contribution in [-0.2, 0) is 24.2 Å². The van der Waals surface area contributed by atoms with Crippen LogP contribution < -0.4 is 14.8 Å². The van der Waals surface area contributed by atoms with Crippen LogP contribution in [0, 0.1) is 0 Å². The van der Waals surface area contributed by atoms with E-state index in [9.17, 15) is 4.79 Å². The molecule has 3 rings (SSSR count). The van der Waals surface area contributed by atoms with E-state index in [0.29, 0.717) is 13.0 Å². The fourth-order valence-corrected chi connectivity index (χ4v) is 2.54. The largest absolute Gasteiger partial charge is 0.454 e. The van der Waals surface area contributed by atoms with E-state index in [1.165, 1.54) is 11.1 Å². The third-order valence-electron chi connectivity index (χ3n) is 4.00. The molecule has 0 bridgehead atoms. The third-order valence-corrected chi connectivity index (χ3v) is 4.00. The third kappa shape index (κ3) is 4.03. The van der Waals surface area contributed by atoms with Crippen LogP contribution in [0.3, 0.4) is 0 Å². The molecule has 0 unspecified atom stereocenters. The first-order valence-corrected chi connectivity index (χ1v) is 7.97. The van der Waals surface area contributed by atoms with Crippen LogP contribution in [0.15, 0.2) is 42.5 Å². The quantitative estimate of drug-likeness (QED) is 0.891. The summed E-state index contributed by atoms with van der Waals surface area (Å²) in [4.78, 5) is 12.0. The Bertz CT molecular complexity index is 680. The van der Waals surface area contributed by atoms with Crippen molar-refractivity contribution in [2.24, 2.45) is 0 Å². The van der Waals surface area contributed by atoms with Crippen LogP contribution in [0.4, 0.5) is 0 Å². The minimum Gasteiger partial charge on any atom is -0.454 e. The minimum absolute atomic E-state index is 0.0576. The number of rotatable bonds is 6. The summed E-state index contributed by atoms with van der Waals surface area (Å²) in [6.45, 7) is 2.91. The number of hydrogen-bond donors (Lipinski definition) is 1. The van der Waals surface area contributed by atoms with Crippen molar-refractivity contribution in [3.63, 3.8) is 0 Å². The first-order chi connectivity index (χ1) is 11.2. The van der Waals surface area contributed by atoms with Gasteiger partial charge in [-0.05, 0) is 41.7 Å². The first kappa shape index (κ1) is 15.4. The maximum absolute atomic E-state index is 12.0. The van der Waals surface area contributed by atoms with Crippen molar-refractivity contribution >= 4 is 5.91 Å². The molecule has 4 nitrogen and oxygen atoms in total. The van der Waals surface area contributed by atoms with Crippen molar-refractivity contribution < 1.29 is 14.3 Å². The molecule has 120 valence electrons. The van der Waals surface area contributed by atoms with Gasteiger partial charge < -0.3 is 14.8 Å². The molecule has 1 aliphatic rings. The second kappa shape index (κ2) is 7.18. The SMILES string of the molecule is CCc1ccc(CCC(=O)NCc2ccc3c(c2)OCO3)cc1. The zero-order valence-corrected chi connectivity index (χ0v) is 13.3. The summed E-state index contributed by atoms with van der Waals surface area (Å²) in [5.74, 6) is 1.56. The first-order valence-electron chi connectivity index (χ1n) is 7.97. The van der Waals surface area contributed by atoms with Gasteiger partial charge in [0.1, 0.15) is 0 Å². The fourth-order valence-electron chi connectivity index (χ4n) is 2.54. The van der Waals surface area contributed by atoms with Gasteiger partial charge in [0, 0.05) is 13.0 Å². The number of aryl methyl sites for hydroxylation is 2. The molecule has 0 radical (unpaired) electrons. The average Bonchev–Trinajstić information content (AvgIpc) is 3.06. The topological polar surface area (TPSA) is 47.6 Å². The molecule has 2 aromatic carbocycles. The zero-order valence-electron chi connectivity index (χ0n) is 13.3. The molecule has 0 aromatic heterocycles. The lowest BCUT2D eigenvalue weighted by Crippen LogP contribution is -2.22. The van der Waals surface area contributed by atoms with Crippen LogP contribution >= 0.6 is 0 Å². The molecule has 23 heavy (non-hydrogen) atoms. The molecular formula is C19H21NO3. The van der Waals surface area contributed by atoms with Gasteiger partial charge in [-0.25, -0.2) is 0 Å². The molecule has 0 aliphatic carbocycles. The molecule has 1 amide bonds. The molecule has 4 heteroatoms. The molecule has 0 saturated carbocycles. The average molecular weight is 311 g/mol. The summed E-state index contributed by atoms with van der Waals surface area (Å²) in [7, 11) is 0. The summed E-state index contributed by atoms with van der Waals surface area (Å²) in [6, 6.07) is 14.2. The minimum atomic E-state index is 0.0576. The Morgan fingerprint density at radius 3 is 2.48 bits per heavy atom. The Balaban J connectivity index is 1.45. The van der Waals surface area contributed by atoms with Gasteiger partial charge in [0.15, 0.2) is 11.5 Å². The molecular weight excluding hydrogens is 290 g/mol. The van der Waals surface area contributed by atoms with Gasteiger partial charge in [0.25, 0.3) is 0 Å². The molecule has 2 aromatic rings. The summed E-state index contributed by atoms with van der Waals surface area (Å²) >= 11 is 0. The number of benzene rings is 2. The number of amides is 1. The highest BCUT2D eigenvalue weighted by molar-refractivity contribution is 5.76. The van der Waals surface area contributed by atoms with Gasteiger partial charge in [0.05, 0.1) is 0 Å². The van der Waals surface area contributed by atoms with Gasteiger partial charge >= 0.3 is 0 Å². The Hall–Kier alpha value is -2.49. The molecule has 1 N–H and O–H groups in total.